The summed E-state index contributed by atoms with van der Waals surface area (Å²) in [6.45, 7) is 0. The fourth-order valence-electron chi connectivity index (χ4n) is 1.70. The molecule has 2 rings (SSSR count). The first-order valence-corrected chi connectivity index (χ1v) is 6.95. The lowest BCUT2D eigenvalue weighted by Crippen LogP contribution is -1.96. The Morgan fingerprint density at radius 3 is 2.41 bits per heavy atom. The summed E-state index contributed by atoms with van der Waals surface area (Å²) < 4.78 is 6.44. The van der Waals surface area contributed by atoms with E-state index in [1.807, 2.05) is 30.3 Å². The number of ether oxygens (including phenoxy) is 1. The molecule has 0 aliphatic rings. The highest BCUT2D eigenvalue weighted by Crippen LogP contribution is 2.37. The smallest absolute Gasteiger partial charge is 0.123 e. The van der Waals surface area contributed by atoms with Gasteiger partial charge in [-0.2, -0.15) is 0 Å². The van der Waals surface area contributed by atoms with E-state index in [0.717, 1.165) is 15.8 Å². The Balaban J connectivity index is 2.43. The third kappa shape index (κ3) is 2.90. The molecule has 1 unspecified atom stereocenters. The summed E-state index contributed by atoms with van der Waals surface area (Å²) >= 11 is 7.21. The van der Waals surface area contributed by atoms with Crippen molar-refractivity contribution in [2.75, 3.05) is 7.11 Å². The molecule has 0 saturated carbocycles. The van der Waals surface area contributed by atoms with Gasteiger partial charge in [0, 0.05) is 10.0 Å². The van der Waals surface area contributed by atoms with Gasteiger partial charge < -0.3 is 4.74 Å². The maximum absolute atomic E-state index is 5.39. The lowest BCUT2D eigenvalue weighted by Gasteiger charge is -2.15. The second-order valence-corrected chi connectivity index (χ2v) is 5.49. The first-order chi connectivity index (χ1) is 8.22. The molecule has 0 radical (unpaired) electrons. The van der Waals surface area contributed by atoms with Crippen molar-refractivity contribution in [2.24, 2.45) is 0 Å². The molecule has 0 fully saturated rings. The van der Waals surface area contributed by atoms with E-state index >= 15 is 0 Å². The van der Waals surface area contributed by atoms with Gasteiger partial charge in [0.25, 0.3) is 0 Å². The van der Waals surface area contributed by atoms with Gasteiger partial charge in [-0.1, -0.05) is 62.2 Å². The van der Waals surface area contributed by atoms with Gasteiger partial charge in [0.1, 0.15) is 5.75 Å². The highest BCUT2D eigenvalue weighted by molar-refractivity contribution is 9.10. The van der Waals surface area contributed by atoms with E-state index in [1.54, 1.807) is 7.11 Å². The van der Waals surface area contributed by atoms with E-state index in [2.05, 4.69) is 50.1 Å². The quantitative estimate of drug-likeness (QED) is 0.708. The molecule has 0 heterocycles. The molecule has 3 heteroatoms. The molecule has 1 atom stereocenters. The number of hydrogen-bond donors (Lipinski definition) is 0. The fraction of sp³-hybridized carbons (Fsp3) is 0.143. The third-order valence-corrected chi connectivity index (χ3v) is 4.07. The zero-order chi connectivity index (χ0) is 12.3. The Kier molecular flexibility index (Phi) is 4.24. The van der Waals surface area contributed by atoms with Crippen LogP contribution in [0, 0.1) is 0 Å². The van der Waals surface area contributed by atoms with Crippen LogP contribution in [0.25, 0.3) is 0 Å². The molecule has 88 valence electrons. The number of halogens is 2. The summed E-state index contributed by atoms with van der Waals surface area (Å²) in [5.41, 5.74) is 2.33. The Bertz CT molecular complexity index is 497. The molecule has 0 N–H and O–H groups in total. The number of benzene rings is 2. The first-order valence-electron chi connectivity index (χ1n) is 5.25. The molecule has 0 aromatic heterocycles. The van der Waals surface area contributed by atoms with Crippen molar-refractivity contribution in [1.29, 1.82) is 0 Å². The van der Waals surface area contributed by atoms with Crippen LogP contribution in [0.1, 0.15) is 16.0 Å². The number of hydrogen-bond acceptors (Lipinski definition) is 1. The standard InChI is InChI=1S/C14H12Br2O/c1-17-13-8-7-11(15)9-12(13)14(16)10-5-3-2-4-6-10/h2-9,14H,1H3. The fourth-order valence-corrected chi connectivity index (χ4v) is 2.75. The average molecular weight is 356 g/mol. The molecule has 1 nitrogen and oxygen atoms in total. The minimum atomic E-state index is 0.135. The van der Waals surface area contributed by atoms with Crippen LogP contribution in [0.5, 0.6) is 5.75 Å². The lowest BCUT2D eigenvalue weighted by atomic mass is 10.0. The normalized spacial score (nSPS) is 12.2. The molecule has 0 saturated heterocycles. The van der Waals surface area contributed by atoms with Crippen LogP contribution in [-0.4, -0.2) is 7.11 Å². The Hall–Kier alpha value is -0.800. The minimum absolute atomic E-state index is 0.135. The van der Waals surface area contributed by atoms with E-state index in [9.17, 15) is 0 Å². The van der Waals surface area contributed by atoms with Crippen molar-refractivity contribution < 1.29 is 4.74 Å². The Labute approximate surface area is 118 Å². The van der Waals surface area contributed by atoms with Crippen molar-refractivity contribution in [1.82, 2.24) is 0 Å². The van der Waals surface area contributed by atoms with Crippen LogP contribution >= 0.6 is 31.9 Å². The monoisotopic (exact) mass is 354 g/mol. The summed E-state index contributed by atoms with van der Waals surface area (Å²) in [5.74, 6) is 0.888. The van der Waals surface area contributed by atoms with E-state index in [4.69, 9.17) is 4.74 Å². The largest absolute Gasteiger partial charge is 0.496 e. The average Bonchev–Trinajstić information content (AvgIpc) is 2.39. The number of rotatable bonds is 3. The van der Waals surface area contributed by atoms with Crippen LogP contribution in [0.4, 0.5) is 0 Å². The van der Waals surface area contributed by atoms with E-state index in [-0.39, 0.29) is 4.83 Å². The second-order valence-electron chi connectivity index (χ2n) is 3.66. The summed E-state index contributed by atoms with van der Waals surface area (Å²) in [5, 5.41) is 0. The molecule has 0 aliphatic heterocycles. The van der Waals surface area contributed by atoms with E-state index in [1.165, 1.54) is 5.56 Å². The highest BCUT2D eigenvalue weighted by atomic mass is 79.9. The highest BCUT2D eigenvalue weighted by Gasteiger charge is 2.15. The van der Waals surface area contributed by atoms with E-state index < -0.39 is 0 Å². The zero-order valence-electron chi connectivity index (χ0n) is 9.36. The van der Waals surface area contributed by atoms with Gasteiger partial charge >= 0.3 is 0 Å². The molecule has 0 spiro atoms. The van der Waals surface area contributed by atoms with Crippen LogP contribution in [0.2, 0.25) is 0 Å². The molecule has 2 aromatic rings. The number of alkyl halides is 1. The van der Waals surface area contributed by atoms with Crippen molar-refractivity contribution in [3.05, 3.63) is 64.1 Å². The molecule has 2 aromatic carbocycles. The van der Waals surface area contributed by atoms with Gasteiger partial charge in [-0.05, 0) is 23.8 Å². The van der Waals surface area contributed by atoms with Crippen molar-refractivity contribution in [3.63, 3.8) is 0 Å². The van der Waals surface area contributed by atoms with Crippen LogP contribution in [0.15, 0.2) is 53.0 Å². The zero-order valence-corrected chi connectivity index (χ0v) is 12.5. The van der Waals surface area contributed by atoms with Gasteiger partial charge in [0.05, 0.1) is 11.9 Å². The summed E-state index contributed by atoms with van der Waals surface area (Å²) in [6.07, 6.45) is 0. The molecule has 0 aliphatic carbocycles. The van der Waals surface area contributed by atoms with Crippen LogP contribution < -0.4 is 4.74 Å². The van der Waals surface area contributed by atoms with Crippen LogP contribution in [-0.2, 0) is 0 Å². The number of methoxy groups -OCH3 is 1. The topological polar surface area (TPSA) is 9.23 Å². The van der Waals surface area contributed by atoms with E-state index in [0.29, 0.717) is 0 Å². The van der Waals surface area contributed by atoms with Gasteiger partial charge in [-0.25, -0.2) is 0 Å². The Morgan fingerprint density at radius 1 is 1.06 bits per heavy atom. The van der Waals surface area contributed by atoms with Gasteiger partial charge in [0.2, 0.25) is 0 Å². The molecule has 0 bridgehead atoms. The van der Waals surface area contributed by atoms with Crippen LogP contribution in [0.3, 0.4) is 0 Å². The van der Waals surface area contributed by atoms with Gasteiger partial charge in [-0.3, -0.25) is 0 Å². The van der Waals surface area contributed by atoms with Crippen molar-refractivity contribution in [2.45, 2.75) is 4.83 Å². The maximum Gasteiger partial charge on any atom is 0.123 e. The second kappa shape index (κ2) is 5.69. The Morgan fingerprint density at radius 2 is 1.76 bits per heavy atom. The molecular formula is C14H12Br2O. The summed E-state index contributed by atoms with van der Waals surface area (Å²) in [6, 6.07) is 16.3. The SMILES string of the molecule is COc1ccc(Br)cc1C(Br)c1ccccc1. The third-order valence-electron chi connectivity index (χ3n) is 2.56. The van der Waals surface area contributed by atoms with Crippen molar-refractivity contribution >= 4 is 31.9 Å². The van der Waals surface area contributed by atoms with Gasteiger partial charge in [0.15, 0.2) is 0 Å². The predicted octanol–water partition coefficient (Wildman–Crippen LogP) is 4.94. The molecule has 17 heavy (non-hydrogen) atoms. The lowest BCUT2D eigenvalue weighted by molar-refractivity contribution is 0.410. The maximum atomic E-state index is 5.39. The minimum Gasteiger partial charge on any atom is -0.496 e. The summed E-state index contributed by atoms with van der Waals surface area (Å²) in [4.78, 5) is 0.135. The van der Waals surface area contributed by atoms with Gasteiger partial charge in [-0.15, -0.1) is 0 Å². The van der Waals surface area contributed by atoms with Crippen molar-refractivity contribution in [3.8, 4) is 5.75 Å². The predicted molar refractivity (Wildman–Crippen MR) is 77.9 cm³/mol. The summed E-state index contributed by atoms with van der Waals surface area (Å²) in [7, 11) is 1.69. The molecule has 0 amide bonds. The molecular weight excluding hydrogens is 344 g/mol. The first kappa shape index (κ1) is 12.7.